The molecule has 0 bridgehead atoms. The number of ether oxygens (including phenoxy) is 3. The van der Waals surface area contributed by atoms with E-state index in [2.05, 4.69) is 15.4 Å². The number of methoxy groups -OCH3 is 2. The Morgan fingerprint density at radius 2 is 1.74 bits per heavy atom. The van der Waals surface area contributed by atoms with E-state index in [0.717, 1.165) is 6.07 Å². The van der Waals surface area contributed by atoms with Crippen molar-refractivity contribution >= 4 is 22.6 Å². The van der Waals surface area contributed by atoms with Crippen LogP contribution in [0.1, 0.15) is 18.2 Å². The number of halogens is 3. The van der Waals surface area contributed by atoms with Gasteiger partial charge in [-0.3, -0.25) is 9.48 Å². The second kappa shape index (κ2) is 8.32. The highest BCUT2D eigenvalue weighted by Crippen LogP contribution is 2.37. The number of amides is 1. The van der Waals surface area contributed by atoms with E-state index in [9.17, 15) is 18.0 Å². The largest absolute Gasteiger partial charge is 0.497 e. The van der Waals surface area contributed by atoms with Crippen molar-refractivity contribution < 1.29 is 32.2 Å². The lowest BCUT2D eigenvalue weighted by molar-refractivity contribution is -0.136. The summed E-state index contributed by atoms with van der Waals surface area (Å²) in [6, 6.07) is 5.54. The third-order valence-electron chi connectivity index (χ3n) is 4.54. The summed E-state index contributed by atoms with van der Waals surface area (Å²) in [6.45, 7) is 2.87. The Labute approximate surface area is 175 Å². The fraction of sp³-hybridized carbons (Fsp3) is 0.350. The van der Waals surface area contributed by atoms with Crippen molar-refractivity contribution in [1.82, 2.24) is 14.8 Å². The Morgan fingerprint density at radius 3 is 2.29 bits per heavy atom. The molecule has 0 aliphatic rings. The van der Waals surface area contributed by atoms with Crippen LogP contribution in [0.15, 0.2) is 24.3 Å². The van der Waals surface area contributed by atoms with E-state index >= 15 is 0 Å². The Kier molecular flexibility index (Phi) is 5.96. The molecule has 3 aromatic rings. The smallest absolute Gasteiger partial charge is 0.417 e. The normalized spacial score (nSPS) is 12.5. The number of carbonyl (C=O) groups is 1. The minimum absolute atomic E-state index is 0.00691. The van der Waals surface area contributed by atoms with Crippen LogP contribution in [0.5, 0.6) is 17.4 Å². The van der Waals surface area contributed by atoms with Gasteiger partial charge in [-0.15, -0.1) is 0 Å². The zero-order chi connectivity index (χ0) is 22.9. The molecule has 8 nitrogen and oxygen atoms in total. The van der Waals surface area contributed by atoms with E-state index in [-0.39, 0.29) is 22.6 Å². The molecule has 2 aromatic heterocycles. The van der Waals surface area contributed by atoms with Crippen LogP contribution in [0.3, 0.4) is 0 Å². The van der Waals surface area contributed by atoms with E-state index in [1.165, 1.54) is 39.8 Å². The van der Waals surface area contributed by atoms with Crippen molar-refractivity contribution in [2.45, 2.75) is 26.1 Å². The number of hydrogen-bond donors (Lipinski definition) is 1. The average Bonchev–Trinajstić information content (AvgIpc) is 2.99. The molecule has 11 heteroatoms. The highest BCUT2D eigenvalue weighted by atomic mass is 19.4. The Bertz CT molecular complexity index is 1110. The molecule has 0 aliphatic heterocycles. The second-order valence-electron chi connectivity index (χ2n) is 6.76. The van der Waals surface area contributed by atoms with Crippen molar-refractivity contribution in [3.8, 4) is 17.4 Å². The van der Waals surface area contributed by atoms with Gasteiger partial charge in [0.1, 0.15) is 11.5 Å². The fourth-order valence-corrected chi connectivity index (χ4v) is 3.06. The van der Waals surface area contributed by atoms with Crippen LogP contribution in [0.2, 0.25) is 0 Å². The molecule has 0 fully saturated rings. The lowest BCUT2D eigenvalue weighted by atomic mass is 10.1. The molecule has 1 atom stereocenters. The minimum Gasteiger partial charge on any atom is -0.497 e. The van der Waals surface area contributed by atoms with Gasteiger partial charge in [0.25, 0.3) is 5.91 Å². The minimum atomic E-state index is -4.64. The molecule has 0 unspecified atom stereocenters. The van der Waals surface area contributed by atoms with Gasteiger partial charge in [0.2, 0.25) is 5.88 Å². The number of pyridine rings is 1. The van der Waals surface area contributed by atoms with E-state index in [4.69, 9.17) is 14.2 Å². The zero-order valence-corrected chi connectivity index (χ0v) is 17.5. The molecule has 2 heterocycles. The zero-order valence-electron chi connectivity index (χ0n) is 17.5. The van der Waals surface area contributed by atoms with Crippen LogP contribution in [-0.4, -0.2) is 41.0 Å². The Morgan fingerprint density at radius 1 is 1.13 bits per heavy atom. The summed E-state index contributed by atoms with van der Waals surface area (Å²) in [6.07, 6.45) is -5.78. The van der Waals surface area contributed by atoms with Gasteiger partial charge in [0, 0.05) is 37.0 Å². The SMILES string of the molecule is COc1cc(NC(=O)[C@@H](C)Oc2cc(C(F)(F)F)c3c(C)nn(C)c3n2)cc(OC)c1. The van der Waals surface area contributed by atoms with Gasteiger partial charge in [0.05, 0.1) is 30.9 Å². The summed E-state index contributed by atoms with van der Waals surface area (Å²) in [5.74, 6) is -0.0193. The topological polar surface area (TPSA) is 87.5 Å². The summed E-state index contributed by atoms with van der Waals surface area (Å²) in [5, 5.41) is 6.51. The van der Waals surface area contributed by atoms with Crippen LogP contribution >= 0.6 is 0 Å². The number of hydrogen-bond acceptors (Lipinski definition) is 6. The van der Waals surface area contributed by atoms with Gasteiger partial charge >= 0.3 is 6.18 Å². The Hall–Kier alpha value is -3.50. The number of aromatic nitrogens is 3. The molecular formula is C20H21F3N4O4. The van der Waals surface area contributed by atoms with E-state index < -0.39 is 23.8 Å². The second-order valence-corrected chi connectivity index (χ2v) is 6.76. The van der Waals surface area contributed by atoms with Gasteiger partial charge in [-0.05, 0) is 13.8 Å². The molecule has 0 aliphatic carbocycles. The van der Waals surface area contributed by atoms with Gasteiger partial charge in [-0.1, -0.05) is 0 Å². The van der Waals surface area contributed by atoms with Crippen LogP contribution in [0.4, 0.5) is 18.9 Å². The van der Waals surface area contributed by atoms with Crippen LogP contribution in [0, 0.1) is 6.92 Å². The first-order valence-electron chi connectivity index (χ1n) is 9.15. The number of anilines is 1. The lowest BCUT2D eigenvalue weighted by Gasteiger charge is -2.16. The van der Waals surface area contributed by atoms with Crippen LogP contribution < -0.4 is 19.5 Å². The van der Waals surface area contributed by atoms with Crippen molar-refractivity contribution in [2.75, 3.05) is 19.5 Å². The molecule has 1 amide bonds. The number of carbonyl (C=O) groups excluding carboxylic acids is 1. The maximum atomic E-state index is 13.6. The highest BCUT2D eigenvalue weighted by Gasteiger charge is 2.36. The molecule has 0 saturated carbocycles. The predicted molar refractivity (Wildman–Crippen MR) is 107 cm³/mol. The van der Waals surface area contributed by atoms with Crippen molar-refractivity contribution in [2.24, 2.45) is 7.05 Å². The van der Waals surface area contributed by atoms with Gasteiger partial charge in [0.15, 0.2) is 11.8 Å². The maximum Gasteiger partial charge on any atom is 0.417 e. The first-order chi connectivity index (χ1) is 14.5. The van der Waals surface area contributed by atoms with E-state index in [0.29, 0.717) is 17.2 Å². The van der Waals surface area contributed by atoms with Crippen molar-refractivity contribution in [3.05, 3.63) is 35.5 Å². The first-order valence-corrected chi connectivity index (χ1v) is 9.15. The van der Waals surface area contributed by atoms with Gasteiger partial charge in [-0.2, -0.15) is 23.3 Å². The monoisotopic (exact) mass is 438 g/mol. The molecular weight excluding hydrogens is 417 g/mol. The van der Waals surface area contributed by atoms with Crippen LogP contribution in [0.25, 0.3) is 11.0 Å². The molecule has 1 N–H and O–H groups in total. The summed E-state index contributed by atoms with van der Waals surface area (Å²) >= 11 is 0. The Balaban J connectivity index is 1.87. The molecule has 1 aromatic carbocycles. The number of fused-ring (bicyclic) bond motifs is 1. The number of rotatable bonds is 6. The van der Waals surface area contributed by atoms with Gasteiger partial charge in [-0.25, -0.2) is 0 Å². The quantitative estimate of drug-likeness (QED) is 0.631. The third-order valence-corrected chi connectivity index (χ3v) is 4.54. The first kappa shape index (κ1) is 22.2. The maximum absolute atomic E-state index is 13.6. The highest BCUT2D eigenvalue weighted by molar-refractivity contribution is 5.94. The molecule has 31 heavy (non-hydrogen) atoms. The molecule has 0 saturated heterocycles. The third kappa shape index (κ3) is 4.65. The standard InChI is InChI=1S/C20H21F3N4O4/c1-10-17-15(20(21,22)23)9-16(25-18(17)27(3)26-10)31-11(2)19(28)24-12-6-13(29-4)8-14(7-12)30-5/h6-9,11H,1-5H3,(H,24,28)/t11-/m1/s1. The summed E-state index contributed by atoms with van der Waals surface area (Å²) in [7, 11) is 4.41. The van der Waals surface area contributed by atoms with Gasteiger partial charge < -0.3 is 19.5 Å². The van der Waals surface area contributed by atoms with Crippen molar-refractivity contribution in [1.29, 1.82) is 0 Å². The fourth-order valence-electron chi connectivity index (χ4n) is 3.06. The lowest BCUT2D eigenvalue weighted by Crippen LogP contribution is -2.30. The molecule has 0 radical (unpaired) electrons. The molecule has 0 spiro atoms. The average molecular weight is 438 g/mol. The molecule has 3 rings (SSSR count). The summed E-state index contributed by atoms with van der Waals surface area (Å²) in [5.41, 5.74) is -0.351. The van der Waals surface area contributed by atoms with Crippen LogP contribution in [-0.2, 0) is 18.0 Å². The predicted octanol–water partition coefficient (Wildman–Crippen LogP) is 3.72. The summed E-state index contributed by atoms with van der Waals surface area (Å²) in [4.78, 5) is 16.7. The van der Waals surface area contributed by atoms with E-state index in [1.54, 1.807) is 18.2 Å². The summed E-state index contributed by atoms with van der Waals surface area (Å²) < 4.78 is 57.7. The number of nitrogens with one attached hydrogen (secondary N) is 1. The van der Waals surface area contributed by atoms with Crippen molar-refractivity contribution in [3.63, 3.8) is 0 Å². The van der Waals surface area contributed by atoms with E-state index in [1.807, 2.05) is 0 Å². The number of aryl methyl sites for hydroxylation is 2. The molecule has 166 valence electrons. The number of alkyl halides is 3. The number of nitrogens with zero attached hydrogens (tertiary/aromatic N) is 3. The number of benzene rings is 1.